The molecule has 0 saturated carbocycles. The van der Waals surface area contributed by atoms with Crippen LogP contribution >= 0.6 is 0 Å². The number of aromatic nitrogens is 1. The predicted molar refractivity (Wildman–Crippen MR) is 74.0 cm³/mol. The van der Waals surface area contributed by atoms with E-state index in [4.69, 9.17) is 4.52 Å². The number of rotatable bonds is 2. The van der Waals surface area contributed by atoms with E-state index in [0.717, 1.165) is 18.5 Å². The average molecular weight is 275 g/mol. The Morgan fingerprint density at radius 3 is 2.85 bits per heavy atom. The summed E-state index contributed by atoms with van der Waals surface area (Å²) in [5.41, 5.74) is 0.571. The van der Waals surface area contributed by atoms with E-state index in [1.54, 1.807) is 11.0 Å². The second-order valence-corrected chi connectivity index (χ2v) is 6.39. The lowest BCUT2D eigenvalue weighted by atomic mass is 9.77. The zero-order chi connectivity index (χ0) is 14.9. The third kappa shape index (κ3) is 2.55. The molecule has 5 nitrogen and oxygen atoms in total. The average Bonchev–Trinajstić information content (AvgIpc) is 2.86. The fraction of sp³-hybridized carbons (Fsp3) is 0.667. The van der Waals surface area contributed by atoms with Gasteiger partial charge in [-0.15, -0.1) is 0 Å². The van der Waals surface area contributed by atoms with Crippen molar-refractivity contribution >= 4 is 5.91 Å². The van der Waals surface area contributed by atoms with Gasteiger partial charge in [0.2, 0.25) is 5.76 Å². The van der Waals surface area contributed by atoms with Gasteiger partial charge in [0.1, 0.15) is 6.04 Å². The number of likely N-dealkylation sites (tertiary alicyclic amines) is 1. The predicted octanol–water partition coefficient (Wildman–Crippen LogP) is 2.95. The van der Waals surface area contributed by atoms with Crippen LogP contribution in [-0.4, -0.2) is 28.6 Å². The fourth-order valence-corrected chi connectivity index (χ4v) is 2.66. The van der Waals surface area contributed by atoms with Crippen LogP contribution in [0.15, 0.2) is 10.6 Å². The van der Waals surface area contributed by atoms with Crippen LogP contribution < -0.4 is 0 Å². The monoisotopic (exact) mass is 275 g/mol. The van der Waals surface area contributed by atoms with Crippen molar-refractivity contribution in [2.45, 2.75) is 52.5 Å². The molecular weight excluding hydrogens is 254 g/mol. The molecule has 1 aliphatic heterocycles. The van der Waals surface area contributed by atoms with Crippen molar-refractivity contribution in [3.8, 4) is 6.07 Å². The smallest absolute Gasteiger partial charge is 0.293 e. The van der Waals surface area contributed by atoms with E-state index >= 15 is 0 Å². The summed E-state index contributed by atoms with van der Waals surface area (Å²) in [5.74, 6) is 0.209. The van der Waals surface area contributed by atoms with Crippen LogP contribution in [0.5, 0.6) is 0 Å². The fourth-order valence-electron chi connectivity index (χ4n) is 2.66. The van der Waals surface area contributed by atoms with Crippen LogP contribution in [0.4, 0.5) is 0 Å². The van der Waals surface area contributed by atoms with Crippen molar-refractivity contribution in [3.05, 3.63) is 17.5 Å². The van der Waals surface area contributed by atoms with Gasteiger partial charge < -0.3 is 9.42 Å². The van der Waals surface area contributed by atoms with Gasteiger partial charge in [0.05, 0.1) is 11.8 Å². The maximum absolute atomic E-state index is 12.5. The molecular formula is C15H21N3O2. The topological polar surface area (TPSA) is 70.1 Å². The lowest BCUT2D eigenvalue weighted by Crippen LogP contribution is -2.51. The van der Waals surface area contributed by atoms with E-state index in [1.807, 2.05) is 27.7 Å². The van der Waals surface area contributed by atoms with Crippen molar-refractivity contribution in [1.29, 1.82) is 5.26 Å². The first-order valence-electron chi connectivity index (χ1n) is 7.04. The molecule has 1 aliphatic rings. The van der Waals surface area contributed by atoms with Crippen LogP contribution in [0.3, 0.4) is 0 Å². The van der Waals surface area contributed by atoms with Gasteiger partial charge in [-0.1, -0.05) is 32.9 Å². The van der Waals surface area contributed by atoms with E-state index < -0.39 is 6.04 Å². The van der Waals surface area contributed by atoms with Crippen molar-refractivity contribution in [2.24, 2.45) is 5.41 Å². The number of amides is 1. The number of nitriles is 1. The number of carbonyl (C=O) groups is 1. The lowest BCUT2D eigenvalue weighted by Gasteiger charge is -2.42. The Kier molecular flexibility index (Phi) is 3.85. The van der Waals surface area contributed by atoms with Crippen LogP contribution in [0, 0.1) is 16.7 Å². The number of carbonyl (C=O) groups excluding carboxylic acids is 1. The second-order valence-electron chi connectivity index (χ2n) is 6.39. The molecule has 0 aliphatic carbocycles. The third-order valence-corrected chi connectivity index (χ3v) is 3.99. The minimum Gasteiger partial charge on any atom is -0.351 e. The Morgan fingerprint density at radius 2 is 2.30 bits per heavy atom. The van der Waals surface area contributed by atoms with E-state index in [0.29, 0.717) is 6.54 Å². The van der Waals surface area contributed by atoms with Crippen LogP contribution in [0.25, 0.3) is 0 Å². The Labute approximate surface area is 119 Å². The first-order valence-corrected chi connectivity index (χ1v) is 7.04. The lowest BCUT2D eigenvalue weighted by molar-refractivity contribution is 0.0401. The van der Waals surface area contributed by atoms with Crippen molar-refractivity contribution in [1.82, 2.24) is 10.1 Å². The number of nitrogens with zero attached hydrogens (tertiary/aromatic N) is 3. The number of hydrogen-bond acceptors (Lipinski definition) is 4. The maximum Gasteiger partial charge on any atom is 0.293 e. The molecule has 0 N–H and O–H groups in total. The molecule has 1 atom stereocenters. The van der Waals surface area contributed by atoms with Gasteiger partial charge >= 0.3 is 0 Å². The summed E-state index contributed by atoms with van der Waals surface area (Å²) in [6.07, 6.45) is 1.85. The van der Waals surface area contributed by atoms with Gasteiger partial charge in [-0.05, 0) is 24.2 Å². The number of piperidine rings is 1. The normalized spacial score (nSPS) is 21.8. The van der Waals surface area contributed by atoms with E-state index in [9.17, 15) is 10.1 Å². The molecule has 1 aromatic heterocycles. The molecule has 0 spiro atoms. The van der Waals surface area contributed by atoms with Gasteiger partial charge in [0.25, 0.3) is 5.91 Å². The molecule has 1 fully saturated rings. The Bertz CT molecular complexity index is 540. The van der Waals surface area contributed by atoms with Gasteiger partial charge in [-0.3, -0.25) is 4.79 Å². The summed E-state index contributed by atoms with van der Waals surface area (Å²) in [7, 11) is 0. The van der Waals surface area contributed by atoms with E-state index in [1.165, 1.54) is 0 Å². The Hall–Kier alpha value is -1.83. The molecule has 2 heterocycles. The van der Waals surface area contributed by atoms with Crippen LogP contribution in [0.2, 0.25) is 0 Å². The molecule has 0 bridgehead atoms. The Balaban J connectivity index is 2.25. The van der Waals surface area contributed by atoms with Gasteiger partial charge in [-0.25, -0.2) is 0 Å². The largest absolute Gasteiger partial charge is 0.351 e. The van der Waals surface area contributed by atoms with Crippen molar-refractivity contribution in [3.63, 3.8) is 0 Å². The molecule has 0 radical (unpaired) electrons. The van der Waals surface area contributed by atoms with E-state index in [2.05, 4.69) is 11.2 Å². The summed E-state index contributed by atoms with van der Waals surface area (Å²) in [4.78, 5) is 14.2. The zero-order valence-electron chi connectivity index (χ0n) is 12.5. The van der Waals surface area contributed by atoms with Gasteiger partial charge in [-0.2, -0.15) is 5.26 Å². The minimum atomic E-state index is -0.420. The van der Waals surface area contributed by atoms with Crippen LogP contribution in [0.1, 0.15) is 62.7 Å². The van der Waals surface area contributed by atoms with E-state index in [-0.39, 0.29) is 23.0 Å². The zero-order valence-corrected chi connectivity index (χ0v) is 12.5. The molecule has 5 heteroatoms. The first-order chi connectivity index (χ1) is 9.36. The standard InChI is InChI=1S/C15H21N3O2/c1-10(2)11-8-12(20-17-11)14(19)18-7-5-6-15(3,4)13(18)9-16/h8,10,13H,5-7H2,1-4H3. The van der Waals surface area contributed by atoms with Gasteiger partial charge in [0.15, 0.2) is 0 Å². The summed E-state index contributed by atoms with van der Waals surface area (Å²) in [6.45, 7) is 8.64. The van der Waals surface area contributed by atoms with Gasteiger partial charge in [0, 0.05) is 12.6 Å². The highest BCUT2D eigenvalue weighted by Crippen LogP contribution is 2.35. The first kappa shape index (κ1) is 14.6. The Morgan fingerprint density at radius 1 is 1.60 bits per heavy atom. The van der Waals surface area contributed by atoms with Crippen LogP contribution in [-0.2, 0) is 0 Å². The second kappa shape index (κ2) is 5.28. The summed E-state index contributed by atoms with van der Waals surface area (Å²) < 4.78 is 5.15. The molecule has 20 heavy (non-hydrogen) atoms. The summed E-state index contributed by atoms with van der Waals surface area (Å²) >= 11 is 0. The SMILES string of the molecule is CC(C)c1cc(C(=O)N2CCCC(C)(C)C2C#N)on1. The van der Waals surface area contributed by atoms with Crippen molar-refractivity contribution in [2.75, 3.05) is 6.54 Å². The quantitative estimate of drug-likeness (QED) is 0.832. The highest BCUT2D eigenvalue weighted by Gasteiger charge is 2.41. The van der Waals surface area contributed by atoms with Crippen molar-refractivity contribution < 1.29 is 9.32 Å². The minimum absolute atomic E-state index is 0.191. The number of hydrogen-bond donors (Lipinski definition) is 0. The molecule has 1 saturated heterocycles. The molecule has 2 rings (SSSR count). The molecule has 1 amide bonds. The maximum atomic E-state index is 12.5. The summed E-state index contributed by atoms with van der Waals surface area (Å²) in [5, 5.41) is 13.3. The third-order valence-electron chi connectivity index (χ3n) is 3.99. The molecule has 108 valence electrons. The highest BCUT2D eigenvalue weighted by molar-refractivity contribution is 5.92. The highest BCUT2D eigenvalue weighted by atomic mass is 16.5. The molecule has 1 unspecified atom stereocenters. The molecule has 1 aromatic rings. The summed E-state index contributed by atoms with van der Waals surface area (Å²) in [6, 6.07) is 3.53. The molecule has 0 aromatic carbocycles.